The fraction of sp³-hybridized carbons (Fsp3) is 0.300. The predicted molar refractivity (Wildman–Crippen MR) is 57.2 cm³/mol. The van der Waals surface area contributed by atoms with Crippen LogP contribution in [0.4, 0.5) is 0 Å². The standard InChI is InChI=1S/C10H13ClN2O/c1-13(2)12-10(14)9-5-3-4-8(6-9)7-11/h3-6H,7H2,1-2H3,(H,12,14). The summed E-state index contributed by atoms with van der Waals surface area (Å²) in [6, 6.07) is 7.25. The summed E-state index contributed by atoms with van der Waals surface area (Å²) in [5, 5.41) is 1.61. The summed E-state index contributed by atoms with van der Waals surface area (Å²) in [4.78, 5) is 11.5. The van der Waals surface area contributed by atoms with E-state index in [-0.39, 0.29) is 5.91 Å². The zero-order valence-corrected chi connectivity index (χ0v) is 9.01. The highest BCUT2D eigenvalue weighted by molar-refractivity contribution is 6.17. The van der Waals surface area contributed by atoms with E-state index in [4.69, 9.17) is 11.6 Å². The molecule has 1 N–H and O–H groups in total. The van der Waals surface area contributed by atoms with Gasteiger partial charge in [0.1, 0.15) is 0 Å². The number of benzene rings is 1. The van der Waals surface area contributed by atoms with Gasteiger partial charge in [-0.15, -0.1) is 11.6 Å². The third-order valence-corrected chi connectivity index (χ3v) is 1.98. The molecule has 0 aliphatic rings. The van der Waals surface area contributed by atoms with E-state index >= 15 is 0 Å². The molecule has 0 unspecified atom stereocenters. The second-order valence-electron chi connectivity index (χ2n) is 3.17. The highest BCUT2D eigenvalue weighted by atomic mass is 35.5. The number of rotatable bonds is 3. The molecular formula is C10H13ClN2O. The van der Waals surface area contributed by atoms with Crippen molar-refractivity contribution in [2.24, 2.45) is 0 Å². The van der Waals surface area contributed by atoms with E-state index in [1.54, 1.807) is 31.2 Å². The molecule has 0 aromatic heterocycles. The largest absolute Gasteiger partial charge is 0.285 e. The number of hydrogen-bond donors (Lipinski definition) is 1. The molecule has 0 heterocycles. The minimum atomic E-state index is -0.123. The van der Waals surface area contributed by atoms with Gasteiger partial charge in [-0.05, 0) is 17.7 Å². The Morgan fingerprint density at radius 2 is 2.21 bits per heavy atom. The Morgan fingerprint density at radius 1 is 1.50 bits per heavy atom. The Hall–Kier alpha value is -1.06. The molecule has 1 rings (SSSR count). The first-order valence-electron chi connectivity index (χ1n) is 4.26. The van der Waals surface area contributed by atoms with E-state index in [1.807, 2.05) is 12.1 Å². The van der Waals surface area contributed by atoms with Crippen molar-refractivity contribution in [1.82, 2.24) is 10.4 Å². The van der Waals surface area contributed by atoms with Crippen LogP contribution in [0, 0.1) is 0 Å². The topological polar surface area (TPSA) is 32.3 Å². The van der Waals surface area contributed by atoms with Gasteiger partial charge in [-0.2, -0.15) is 0 Å². The molecule has 76 valence electrons. The van der Waals surface area contributed by atoms with Gasteiger partial charge in [0.15, 0.2) is 0 Å². The van der Waals surface area contributed by atoms with Gasteiger partial charge in [0, 0.05) is 25.5 Å². The van der Waals surface area contributed by atoms with Crippen molar-refractivity contribution in [2.45, 2.75) is 5.88 Å². The number of hydrogen-bond acceptors (Lipinski definition) is 2. The summed E-state index contributed by atoms with van der Waals surface area (Å²) in [6.45, 7) is 0. The lowest BCUT2D eigenvalue weighted by atomic mass is 10.1. The van der Waals surface area contributed by atoms with Crippen LogP contribution in [0.2, 0.25) is 0 Å². The molecule has 0 saturated carbocycles. The van der Waals surface area contributed by atoms with Gasteiger partial charge >= 0.3 is 0 Å². The van der Waals surface area contributed by atoms with E-state index in [2.05, 4.69) is 5.43 Å². The van der Waals surface area contributed by atoms with E-state index in [1.165, 1.54) is 0 Å². The first-order valence-corrected chi connectivity index (χ1v) is 4.80. The first kappa shape index (κ1) is 11.0. The van der Waals surface area contributed by atoms with Crippen LogP contribution in [0.15, 0.2) is 24.3 Å². The molecular weight excluding hydrogens is 200 g/mol. The van der Waals surface area contributed by atoms with Crippen molar-refractivity contribution in [1.29, 1.82) is 0 Å². The summed E-state index contributed by atoms with van der Waals surface area (Å²) in [7, 11) is 3.53. The third kappa shape index (κ3) is 3.01. The molecule has 14 heavy (non-hydrogen) atoms. The predicted octanol–water partition coefficient (Wildman–Crippen LogP) is 1.63. The molecule has 0 aliphatic carbocycles. The van der Waals surface area contributed by atoms with Crippen LogP contribution in [-0.2, 0) is 5.88 Å². The average molecular weight is 213 g/mol. The minimum Gasteiger partial charge on any atom is -0.285 e. The van der Waals surface area contributed by atoms with Gasteiger partial charge in [-0.25, -0.2) is 5.01 Å². The Morgan fingerprint density at radius 3 is 2.79 bits per heavy atom. The van der Waals surface area contributed by atoms with Gasteiger partial charge in [0.25, 0.3) is 5.91 Å². The molecule has 0 saturated heterocycles. The van der Waals surface area contributed by atoms with E-state index in [0.29, 0.717) is 11.4 Å². The van der Waals surface area contributed by atoms with E-state index < -0.39 is 0 Å². The summed E-state index contributed by atoms with van der Waals surface area (Å²) >= 11 is 5.67. The lowest BCUT2D eigenvalue weighted by molar-refractivity contribution is 0.0857. The number of nitrogens with one attached hydrogen (secondary N) is 1. The maximum Gasteiger partial charge on any atom is 0.265 e. The molecule has 0 bridgehead atoms. The highest BCUT2D eigenvalue weighted by Crippen LogP contribution is 2.07. The summed E-state index contributed by atoms with van der Waals surface area (Å²) < 4.78 is 0. The van der Waals surface area contributed by atoms with Crippen LogP contribution in [0.1, 0.15) is 15.9 Å². The zero-order chi connectivity index (χ0) is 10.6. The lowest BCUT2D eigenvalue weighted by Crippen LogP contribution is -2.36. The van der Waals surface area contributed by atoms with Crippen molar-refractivity contribution in [3.63, 3.8) is 0 Å². The number of nitrogens with zero attached hydrogens (tertiary/aromatic N) is 1. The molecule has 0 spiro atoms. The maximum atomic E-state index is 11.5. The molecule has 0 atom stereocenters. The quantitative estimate of drug-likeness (QED) is 0.610. The number of hydrazine groups is 1. The number of carbonyl (C=O) groups excluding carboxylic acids is 1. The summed E-state index contributed by atoms with van der Waals surface area (Å²) in [5.41, 5.74) is 4.23. The summed E-state index contributed by atoms with van der Waals surface area (Å²) in [5.74, 6) is 0.297. The van der Waals surface area contributed by atoms with Gasteiger partial charge in [-0.1, -0.05) is 12.1 Å². The van der Waals surface area contributed by atoms with Crippen LogP contribution in [0.25, 0.3) is 0 Å². The van der Waals surface area contributed by atoms with Crippen LogP contribution in [0.5, 0.6) is 0 Å². The second kappa shape index (κ2) is 4.98. The lowest BCUT2D eigenvalue weighted by Gasteiger charge is -2.11. The molecule has 1 amide bonds. The molecule has 1 aromatic rings. The van der Waals surface area contributed by atoms with Crippen LogP contribution in [-0.4, -0.2) is 25.0 Å². The van der Waals surface area contributed by atoms with Crippen molar-refractivity contribution in [3.05, 3.63) is 35.4 Å². The number of alkyl halides is 1. The SMILES string of the molecule is CN(C)NC(=O)c1cccc(CCl)c1. The maximum absolute atomic E-state index is 11.5. The van der Waals surface area contributed by atoms with Gasteiger partial charge in [0.05, 0.1) is 0 Å². The number of halogens is 1. The zero-order valence-electron chi connectivity index (χ0n) is 8.25. The molecule has 0 aliphatic heterocycles. The van der Waals surface area contributed by atoms with Crippen molar-refractivity contribution in [3.8, 4) is 0 Å². The van der Waals surface area contributed by atoms with Crippen LogP contribution >= 0.6 is 11.6 Å². The van der Waals surface area contributed by atoms with Crippen LogP contribution < -0.4 is 5.43 Å². The fourth-order valence-electron chi connectivity index (χ4n) is 1.06. The Labute approximate surface area is 88.6 Å². The van der Waals surface area contributed by atoms with E-state index in [9.17, 15) is 4.79 Å². The number of amides is 1. The average Bonchev–Trinajstić information content (AvgIpc) is 2.17. The second-order valence-corrected chi connectivity index (χ2v) is 3.44. The van der Waals surface area contributed by atoms with Gasteiger partial charge in [0.2, 0.25) is 0 Å². The minimum absolute atomic E-state index is 0.123. The van der Waals surface area contributed by atoms with Crippen LogP contribution in [0.3, 0.4) is 0 Å². The van der Waals surface area contributed by atoms with Crippen molar-refractivity contribution >= 4 is 17.5 Å². The fourth-order valence-corrected chi connectivity index (χ4v) is 1.23. The molecule has 3 nitrogen and oxygen atoms in total. The Kier molecular flexibility index (Phi) is 3.92. The normalized spacial score (nSPS) is 10.3. The number of carbonyl (C=O) groups is 1. The Balaban J connectivity index is 2.79. The smallest absolute Gasteiger partial charge is 0.265 e. The first-order chi connectivity index (χ1) is 6.63. The summed E-state index contributed by atoms with van der Waals surface area (Å²) in [6.07, 6.45) is 0. The molecule has 0 radical (unpaired) electrons. The van der Waals surface area contributed by atoms with Gasteiger partial charge < -0.3 is 0 Å². The Bertz CT molecular complexity index is 326. The monoisotopic (exact) mass is 212 g/mol. The molecule has 0 fully saturated rings. The highest BCUT2D eigenvalue weighted by Gasteiger charge is 2.05. The van der Waals surface area contributed by atoms with Crippen molar-refractivity contribution < 1.29 is 4.79 Å². The van der Waals surface area contributed by atoms with Gasteiger partial charge in [-0.3, -0.25) is 10.2 Å². The van der Waals surface area contributed by atoms with E-state index in [0.717, 1.165) is 5.56 Å². The molecule has 4 heteroatoms. The third-order valence-electron chi connectivity index (χ3n) is 1.67. The van der Waals surface area contributed by atoms with Crippen molar-refractivity contribution in [2.75, 3.05) is 14.1 Å². The molecule has 1 aromatic carbocycles.